The Morgan fingerprint density at radius 3 is 2.79 bits per heavy atom. The van der Waals surface area contributed by atoms with Crippen LogP contribution in [0, 0.1) is 5.92 Å². The van der Waals surface area contributed by atoms with Crippen molar-refractivity contribution in [2.75, 3.05) is 13.1 Å². The van der Waals surface area contributed by atoms with E-state index in [1.807, 2.05) is 0 Å². The molecule has 1 saturated heterocycles. The third kappa shape index (κ3) is 3.29. The van der Waals surface area contributed by atoms with Crippen LogP contribution in [0.5, 0.6) is 0 Å². The lowest BCUT2D eigenvalue weighted by molar-refractivity contribution is -0.137. The molecule has 2 heterocycles. The number of rotatable bonds is 4. The van der Waals surface area contributed by atoms with Crippen LogP contribution >= 0.6 is 0 Å². The summed E-state index contributed by atoms with van der Waals surface area (Å²) in [4.78, 5) is 37.1. The van der Waals surface area contributed by atoms with Crippen LogP contribution in [0.25, 0.3) is 10.8 Å². The van der Waals surface area contributed by atoms with E-state index in [0.717, 1.165) is 12.8 Å². The number of carboxylic acid groups (broad SMARTS) is 1. The molecule has 2 N–H and O–H groups in total. The van der Waals surface area contributed by atoms with Gasteiger partial charge in [0.25, 0.3) is 11.5 Å². The first-order chi connectivity index (χ1) is 11.6. The summed E-state index contributed by atoms with van der Waals surface area (Å²) in [5.41, 5.74) is -0.0794. The number of aromatic amines is 1. The molecule has 2 aromatic rings. The number of nitrogens with one attached hydrogen (secondary N) is 1. The zero-order valence-electron chi connectivity index (χ0n) is 13.2. The number of benzene rings is 1. The molecule has 0 bridgehead atoms. The van der Waals surface area contributed by atoms with Gasteiger partial charge in [0, 0.05) is 24.9 Å². The molecule has 0 saturated carbocycles. The lowest BCUT2D eigenvalue weighted by atomic mass is 9.93. The minimum absolute atomic E-state index is 0.118. The normalized spacial score (nSPS) is 17.8. The van der Waals surface area contributed by atoms with Gasteiger partial charge in [0.15, 0.2) is 5.69 Å². The van der Waals surface area contributed by atoms with Crippen LogP contribution in [0.4, 0.5) is 0 Å². The van der Waals surface area contributed by atoms with E-state index in [2.05, 4.69) is 10.2 Å². The molecular formula is C17H19N3O4. The average molecular weight is 329 g/mol. The Morgan fingerprint density at radius 1 is 1.29 bits per heavy atom. The molecule has 7 nitrogen and oxygen atoms in total. The number of hydrogen-bond acceptors (Lipinski definition) is 4. The average Bonchev–Trinajstić information content (AvgIpc) is 2.60. The standard InChI is InChI=1S/C17H19N3O4/c21-14(22)8-7-11-4-3-9-20(10-11)17(24)15-12-5-1-2-6-13(12)16(23)19-18-15/h1-2,5-6,11H,3-4,7-10H2,(H,19,23)(H,21,22). The minimum atomic E-state index is -0.813. The predicted molar refractivity (Wildman–Crippen MR) is 87.9 cm³/mol. The van der Waals surface area contributed by atoms with Crippen molar-refractivity contribution >= 4 is 22.6 Å². The Balaban J connectivity index is 1.83. The van der Waals surface area contributed by atoms with Crippen LogP contribution in [-0.2, 0) is 4.79 Å². The number of carbonyl (C=O) groups excluding carboxylic acids is 1. The summed E-state index contributed by atoms with van der Waals surface area (Å²) in [5, 5.41) is 16.1. The first kappa shape index (κ1) is 16.2. The topological polar surface area (TPSA) is 103 Å². The SMILES string of the molecule is O=C(O)CCC1CCCN(C(=O)c2n[nH]c(=O)c3ccccc23)C1. The highest BCUT2D eigenvalue weighted by atomic mass is 16.4. The van der Waals surface area contributed by atoms with E-state index in [0.29, 0.717) is 30.3 Å². The molecular weight excluding hydrogens is 310 g/mol. The van der Waals surface area contributed by atoms with E-state index in [1.165, 1.54) is 0 Å². The molecule has 24 heavy (non-hydrogen) atoms. The van der Waals surface area contributed by atoms with Crippen molar-refractivity contribution in [3.05, 3.63) is 40.3 Å². The summed E-state index contributed by atoms with van der Waals surface area (Å²) < 4.78 is 0. The van der Waals surface area contributed by atoms with Gasteiger partial charge in [-0.15, -0.1) is 0 Å². The number of H-pyrrole nitrogens is 1. The van der Waals surface area contributed by atoms with Crippen molar-refractivity contribution in [2.45, 2.75) is 25.7 Å². The highest BCUT2D eigenvalue weighted by molar-refractivity contribution is 6.04. The first-order valence-corrected chi connectivity index (χ1v) is 8.04. The second-order valence-corrected chi connectivity index (χ2v) is 6.14. The maximum Gasteiger partial charge on any atom is 0.303 e. The smallest absolute Gasteiger partial charge is 0.303 e. The molecule has 1 aliphatic heterocycles. The lowest BCUT2D eigenvalue weighted by Gasteiger charge is -2.32. The van der Waals surface area contributed by atoms with Crippen LogP contribution < -0.4 is 5.56 Å². The van der Waals surface area contributed by atoms with Gasteiger partial charge in [0.1, 0.15) is 0 Å². The number of likely N-dealkylation sites (tertiary alicyclic amines) is 1. The van der Waals surface area contributed by atoms with Gasteiger partial charge in [-0.3, -0.25) is 14.4 Å². The van der Waals surface area contributed by atoms with Crippen LogP contribution in [0.2, 0.25) is 0 Å². The molecule has 1 amide bonds. The van der Waals surface area contributed by atoms with Gasteiger partial charge in [-0.1, -0.05) is 18.2 Å². The Hall–Kier alpha value is -2.70. The van der Waals surface area contributed by atoms with Crippen molar-refractivity contribution in [3.8, 4) is 0 Å². The van der Waals surface area contributed by atoms with E-state index >= 15 is 0 Å². The number of hydrogen-bond donors (Lipinski definition) is 2. The van der Waals surface area contributed by atoms with E-state index in [9.17, 15) is 14.4 Å². The highest BCUT2D eigenvalue weighted by Crippen LogP contribution is 2.23. The van der Waals surface area contributed by atoms with Gasteiger partial charge in [-0.25, -0.2) is 5.10 Å². The predicted octanol–water partition coefficient (Wildman–Crippen LogP) is 1.64. The molecule has 1 atom stereocenters. The number of carbonyl (C=O) groups is 2. The van der Waals surface area contributed by atoms with E-state index in [4.69, 9.17) is 5.11 Å². The summed E-state index contributed by atoms with van der Waals surface area (Å²) >= 11 is 0. The van der Waals surface area contributed by atoms with Gasteiger partial charge in [0.2, 0.25) is 0 Å². The van der Waals surface area contributed by atoms with Gasteiger partial charge in [-0.05, 0) is 31.2 Å². The molecule has 7 heteroatoms. The molecule has 0 radical (unpaired) electrons. The minimum Gasteiger partial charge on any atom is -0.481 e. The number of nitrogens with zero attached hydrogens (tertiary/aromatic N) is 2. The molecule has 1 unspecified atom stereocenters. The quantitative estimate of drug-likeness (QED) is 0.887. The van der Waals surface area contributed by atoms with E-state index < -0.39 is 5.97 Å². The molecule has 0 spiro atoms. The molecule has 1 aromatic heterocycles. The van der Waals surface area contributed by atoms with Gasteiger partial charge < -0.3 is 10.0 Å². The van der Waals surface area contributed by atoms with E-state index in [-0.39, 0.29) is 29.5 Å². The van der Waals surface area contributed by atoms with Gasteiger partial charge >= 0.3 is 5.97 Å². The molecule has 1 aromatic carbocycles. The number of amides is 1. The van der Waals surface area contributed by atoms with Crippen molar-refractivity contribution < 1.29 is 14.7 Å². The molecule has 3 rings (SSSR count). The fourth-order valence-electron chi connectivity index (χ4n) is 3.24. The van der Waals surface area contributed by atoms with Crippen molar-refractivity contribution in [1.29, 1.82) is 0 Å². The lowest BCUT2D eigenvalue weighted by Crippen LogP contribution is -2.40. The fraction of sp³-hybridized carbons (Fsp3) is 0.412. The third-order valence-corrected chi connectivity index (χ3v) is 4.47. The second-order valence-electron chi connectivity index (χ2n) is 6.14. The fourth-order valence-corrected chi connectivity index (χ4v) is 3.24. The van der Waals surface area contributed by atoms with Crippen LogP contribution in [0.3, 0.4) is 0 Å². The summed E-state index contributed by atoms with van der Waals surface area (Å²) in [5.74, 6) is -0.845. The monoisotopic (exact) mass is 329 g/mol. The molecule has 0 aliphatic carbocycles. The Kier molecular flexibility index (Phi) is 4.59. The zero-order chi connectivity index (χ0) is 17.1. The Labute approximate surface area is 138 Å². The number of aliphatic carboxylic acids is 1. The zero-order valence-corrected chi connectivity index (χ0v) is 13.2. The number of carboxylic acids is 1. The van der Waals surface area contributed by atoms with Crippen LogP contribution in [0.15, 0.2) is 29.1 Å². The van der Waals surface area contributed by atoms with Crippen LogP contribution in [-0.4, -0.2) is 45.2 Å². The number of fused-ring (bicyclic) bond motifs is 1. The van der Waals surface area contributed by atoms with Crippen LogP contribution in [0.1, 0.15) is 36.2 Å². The summed E-state index contributed by atoms with van der Waals surface area (Å²) in [6.07, 6.45) is 2.46. The summed E-state index contributed by atoms with van der Waals surface area (Å²) in [6, 6.07) is 6.90. The van der Waals surface area contributed by atoms with Gasteiger partial charge in [0.05, 0.1) is 5.39 Å². The number of piperidine rings is 1. The number of aromatic nitrogens is 2. The largest absolute Gasteiger partial charge is 0.481 e. The first-order valence-electron chi connectivity index (χ1n) is 8.04. The third-order valence-electron chi connectivity index (χ3n) is 4.47. The highest BCUT2D eigenvalue weighted by Gasteiger charge is 2.27. The molecule has 126 valence electrons. The Bertz CT molecular complexity index is 830. The summed E-state index contributed by atoms with van der Waals surface area (Å²) in [7, 11) is 0. The molecule has 1 fully saturated rings. The second kappa shape index (κ2) is 6.82. The van der Waals surface area contributed by atoms with E-state index in [1.54, 1.807) is 29.2 Å². The maximum atomic E-state index is 12.8. The Morgan fingerprint density at radius 2 is 2.04 bits per heavy atom. The molecule has 1 aliphatic rings. The van der Waals surface area contributed by atoms with Crippen molar-refractivity contribution in [1.82, 2.24) is 15.1 Å². The maximum absolute atomic E-state index is 12.8. The van der Waals surface area contributed by atoms with Crippen molar-refractivity contribution in [2.24, 2.45) is 5.92 Å². The van der Waals surface area contributed by atoms with Crippen molar-refractivity contribution in [3.63, 3.8) is 0 Å². The summed E-state index contributed by atoms with van der Waals surface area (Å²) in [6.45, 7) is 1.15. The van der Waals surface area contributed by atoms with Gasteiger partial charge in [-0.2, -0.15) is 5.10 Å².